The maximum Gasteiger partial charge on any atom is 0.163 e. The molecule has 5 heteroatoms. The molecule has 0 aliphatic carbocycles. The second-order valence-electron chi connectivity index (χ2n) is 3.93. The van der Waals surface area contributed by atoms with Gasteiger partial charge in [-0.05, 0) is 24.6 Å². The number of rotatable bonds is 1. The van der Waals surface area contributed by atoms with Gasteiger partial charge in [-0.15, -0.1) is 10.2 Å². The molecule has 3 aromatic rings. The maximum absolute atomic E-state index is 13.9. The summed E-state index contributed by atoms with van der Waals surface area (Å²) >= 11 is 0. The van der Waals surface area contributed by atoms with E-state index in [4.69, 9.17) is 0 Å². The Hall–Kier alpha value is -2.01. The first-order valence-electron chi connectivity index (χ1n) is 5.25. The summed E-state index contributed by atoms with van der Waals surface area (Å²) in [6.45, 7) is 1.63. The fourth-order valence-electron chi connectivity index (χ4n) is 2.10. The van der Waals surface area contributed by atoms with Crippen LogP contribution in [0.15, 0.2) is 24.3 Å². The molecule has 17 heavy (non-hydrogen) atoms. The average Bonchev–Trinajstić information content (AvgIpc) is 2.72. The van der Waals surface area contributed by atoms with Crippen LogP contribution in [0.3, 0.4) is 0 Å². The van der Waals surface area contributed by atoms with E-state index < -0.39 is 0 Å². The summed E-state index contributed by atoms with van der Waals surface area (Å²) < 4.78 is 15.5. The first kappa shape index (κ1) is 10.2. The van der Waals surface area contributed by atoms with Gasteiger partial charge in [0.1, 0.15) is 12.4 Å². The summed E-state index contributed by atoms with van der Waals surface area (Å²) in [6, 6.07) is 6.73. The Labute approximate surface area is 96.3 Å². The zero-order valence-electron chi connectivity index (χ0n) is 9.18. The third-order valence-corrected chi connectivity index (χ3v) is 2.88. The molecular weight excluding hydrogens is 221 g/mol. The molecule has 0 saturated carbocycles. The molecule has 2 heterocycles. The number of aliphatic hydroxyl groups excluding tert-OH is 1. The standard InChI is InChI=1S/C12H10FN3O/c1-7-5-10-14-15-11(6-17)16(10)12-8(7)3-2-4-9(12)13/h2-5,17H,6H2,1H3. The highest BCUT2D eigenvalue weighted by atomic mass is 19.1. The Morgan fingerprint density at radius 3 is 2.94 bits per heavy atom. The van der Waals surface area contributed by atoms with Crippen molar-refractivity contribution >= 4 is 16.6 Å². The maximum atomic E-state index is 13.9. The number of benzene rings is 1. The molecule has 0 amide bonds. The van der Waals surface area contributed by atoms with Gasteiger partial charge in [0.2, 0.25) is 0 Å². The Morgan fingerprint density at radius 1 is 1.35 bits per heavy atom. The number of hydrogen-bond donors (Lipinski definition) is 1. The van der Waals surface area contributed by atoms with Crippen molar-refractivity contribution in [2.45, 2.75) is 13.5 Å². The lowest BCUT2D eigenvalue weighted by Gasteiger charge is -2.07. The molecule has 4 nitrogen and oxygen atoms in total. The number of aryl methyl sites for hydroxylation is 1. The minimum absolute atomic E-state index is 0.270. The third kappa shape index (κ3) is 1.32. The first-order valence-corrected chi connectivity index (χ1v) is 5.25. The van der Waals surface area contributed by atoms with Gasteiger partial charge >= 0.3 is 0 Å². The highest BCUT2D eigenvalue weighted by Crippen LogP contribution is 2.24. The lowest BCUT2D eigenvalue weighted by Crippen LogP contribution is -1.99. The molecule has 1 N–H and O–H groups in total. The van der Waals surface area contributed by atoms with Gasteiger partial charge in [-0.2, -0.15) is 0 Å². The monoisotopic (exact) mass is 231 g/mol. The van der Waals surface area contributed by atoms with Crippen LogP contribution >= 0.6 is 0 Å². The van der Waals surface area contributed by atoms with Crippen LogP contribution in [0.2, 0.25) is 0 Å². The van der Waals surface area contributed by atoms with Gasteiger partial charge in [0.05, 0.1) is 5.52 Å². The molecule has 0 aliphatic heterocycles. The number of aliphatic hydroxyl groups is 1. The summed E-state index contributed by atoms with van der Waals surface area (Å²) in [6.07, 6.45) is 0. The molecule has 0 unspecified atom stereocenters. The van der Waals surface area contributed by atoms with E-state index in [0.717, 1.165) is 10.9 Å². The van der Waals surface area contributed by atoms with Gasteiger partial charge in [-0.3, -0.25) is 4.40 Å². The smallest absolute Gasteiger partial charge is 0.163 e. The van der Waals surface area contributed by atoms with E-state index in [1.165, 1.54) is 6.07 Å². The van der Waals surface area contributed by atoms with Crippen molar-refractivity contribution in [2.24, 2.45) is 0 Å². The molecule has 2 aromatic heterocycles. The third-order valence-electron chi connectivity index (χ3n) is 2.88. The summed E-state index contributed by atoms with van der Waals surface area (Å²) in [5.41, 5.74) is 1.89. The Bertz CT molecular complexity index is 720. The van der Waals surface area contributed by atoms with Crippen LogP contribution in [0.25, 0.3) is 16.6 Å². The first-order chi connectivity index (χ1) is 8.22. The number of pyridine rings is 1. The molecule has 0 radical (unpaired) electrons. The molecule has 0 spiro atoms. The van der Waals surface area contributed by atoms with Crippen molar-refractivity contribution in [2.75, 3.05) is 0 Å². The Balaban J connectivity index is 2.63. The average molecular weight is 231 g/mol. The van der Waals surface area contributed by atoms with Gasteiger partial charge in [-0.1, -0.05) is 12.1 Å². The van der Waals surface area contributed by atoms with Crippen LogP contribution in [0.4, 0.5) is 4.39 Å². The van der Waals surface area contributed by atoms with Crippen LogP contribution in [0, 0.1) is 12.7 Å². The lowest BCUT2D eigenvalue weighted by atomic mass is 10.1. The van der Waals surface area contributed by atoms with Gasteiger partial charge in [-0.25, -0.2) is 4.39 Å². The predicted molar refractivity (Wildman–Crippen MR) is 61.1 cm³/mol. The van der Waals surface area contributed by atoms with E-state index in [2.05, 4.69) is 10.2 Å². The number of para-hydroxylation sites is 1. The van der Waals surface area contributed by atoms with Crippen LogP contribution in [-0.2, 0) is 6.61 Å². The summed E-state index contributed by atoms with van der Waals surface area (Å²) in [7, 11) is 0. The fourth-order valence-corrected chi connectivity index (χ4v) is 2.10. The topological polar surface area (TPSA) is 50.4 Å². The number of halogens is 1. The van der Waals surface area contributed by atoms with Crippen LogP contribution in [0.5, 0.6) is 0 Å². The predicted octanol–water partition coefficient (Wildman–Crippen LogP) is 1.82. The minimum Gasteiger partial charge on any atom is -0.388 e. The van der Waals surface area contributed by atoms with Crippen molar-refractivity contribution < 1.29 is 9.50 Å². The van der Waals surface area contributed by atoms with Gasteiger partial charge < -0.3 is 5.11 Å². The molecule has 0 fully saturated rings. The normalized spacial score (nSPS) is 11.5. The van der Waals surface area contributed by atoms with E-state index in [1.807, 2.05) is 19.1 Å². The van der Waals surface area contributed by atoms with Gasteiger partial charge in [0, 0.05) is 5.39 Å². The second kappa shape index (κ2) is 3.49. The molecular formula is C12H10FN3O. The van der Waals surface area contributed by atoms with Crippen LogP contribution in [-0.4, -0.2) is 19.7 Å². The molecule has 3 rings (SSSR count). The summed E-state index contributed by atoms with van der Waals surface area (Å²) in [5, 5.41) is 17.8. The molecule has 86 valence electrons. The SMILES string of the molecule is Cc1cc2nnc(CO)n2c2c(F)cccc12. The molecule has 0 aliphatic rings. The number of hydrogen-bond acceptors (Lipinski definition) is 3. The Morgan fingerprint density at radius 2 is 2.18 bits per heavy atom. The van der Waals surface area contributed by atoms with E-state index in [1.54, 1.807) is 10.5 Å². The zero-order chi connectivity index (χ0) is 12.0. The van der Waals surface area contributed by atoms with E-state index in [9.17, 15) is 9.50 Å². The van der Waals surface area contributed by atoms with Gasteiger partial charge in [0.25, 0.3) is 0 Å². The Kier molecular flexibility index (Phi) is 2.09. The lowest BCUT2D eigenvalue weighted by molar-refractivity contribution is 0.270. The van der Waals surface area contributed by atoms with Crippen molar-refractivity contribution in [3.8, 4) is 0 Å². The highest BCUT2D eigenvalue weighted by Gasteiger charge is 2.12. The second-order valence-corrected chi connectivity index (χ2v) is 3.93. The summed E-state index contributed by atoms with van der Waals surface area (Å²) in [5.74, 6) is 0.000741. The van der Waals surface area contributed by atoms with Crippen molar-refractivity contribution in [3.63, 3.8) is 0 Å². The van der Waals surface area contributed by atoms with E-state index in [-0.39, 0.29) is 12.4 Å². The van der Waals surface area contributed by atoms with Crippen LogP contribution in [0.1, 0.15) is 11.4 Å². The quantitative estimate of drug-likeness (QED) is 0.695. The van der Waals surface area contributed by atoms with Crippen molar-refractivity contribution in [1.29, 1.82) is 0 Å². The van der Waals surface area contributed by atoms with Crippen LogP contribution < -0.4 is 0 Å². The number of aromatic nitrogens is 3. The minimum atomic E-state index is -0.342. The number of fused-ring (bicyclic) bond motifs is 3. The summed E-state index contributed by atoms with van der Waals surface area (Å²) in [4.78, 5) is 0. The number of nitrogens with zero attached hydrogens (tertiary/aromatic N) is 3. The van der Waals surface area contributed by atoms with E-state index in [0.29, 0.717) is 17.0 Å². The van der Waals surface area contributed by atoms with Gasteiger partial charge in [0.15, 0.2) is 11.5 Å². The van der Waals surface area contributed by atoms with E-state index >= 15 is 0 Å². The molecule has 1 aromatic carbocycles. The zero-order valence-corrected chi connectivity index (χ0v) is 9.18. The highest BCUT2D eigenvalue weighted by molar-refractivity contribution is 5.86. The molecule has 0 bridgehead atoms. The largest absolute Gasteiger partial charge is 0.388 e. The fraction of sp³-hybridized carbons (Fsp3) is 0.167. The van der Waals surface area contributed by atoms with Crippen molar-refractivity contribution in [1.82, 2.24) is 14.6 Å². The molecule has 0 atom stereocenters. The van der Waals surface area contributed by atoms with Crippen molar-refractivity contribution in [3.05, 3.63) is 41.5 Å². The molecule has 0 saturated heterocycles.